The van der Waals surface area contributed by atoms with Crippen molar-refractivity contribution in [1.82, 2.24) is 0 Å². The van der Waals surface area contributed by atoms with Crippen LogP contribution in [0.15, 0.2) is 23.8 Å². The fraction of sp³-hybridized carbons (Fsp3) is 0.556. The van der Waals surface area contributed by atoms with E-state index < -0.39 is 0 Å². The van der Waals surface area contributed by atoms with Crippen LogP contribution in [0.4, 0.5) is 0 Å². The Kier molecular flexibility index (Phi) is 3.23. The molecule has 1 rings (SSSR count). The second kappa shape index (κ2) is 4.29. The van der Waals surface area contributed by atoms with E-state index in [1.165, 1.54) is 18.4 Å². The predicted molar refractivity (Wildman–Crippen MR) is 43.0 cm³/mol. The molecule has 0 aliphatic heterocycles. The lowest BCUT2D eigenvalue weighted by Gasteiger charge is -2.05. The minimum absolute atomic E-state index is 0.785. The Hall–Kier alpha value is -0.560. The van der Waals surface area contributed by atoms with Crippen molar-refractivity contribution in [2.75, 3.05) is 13.2 Å². The largest absolute Gasteiger partial charge is 0.377 e. The molecular weight excluding hydrogens is 124 g/mol. The molecule has 56 valence electrons. The Balaban J connectivity index is 2.26. The quantitative estimate of drug-likeness (QED) is 0.581. The van der Waals surface area contributed by atoms with Crippen LogP contribution in [0.5, 0.6) is 0 Å². The van der Waals surface area contributed by atoms with Crippen LogP contribution in [0.2, 0.25) is 0 Å². The third-order valence-electron chi connectivity index (χ3n) is 1.54. The van der Waals surface area contributed by atoms with E-state index in [9.17, 15) is 0 Å². The van der Waals surface area contributed by atoms with Gasteiger partial charge in [0, 0.05) is 6.61 Å². The minimum atomic E-state index is 0.785. The summed E-state index contributed by atoms with van der Waals surface area (Å²) in [5.41, 5.74) is 1.33. The molecular formula is C9H14O. The Labute approximate surface area is 62.4 Å². The summed E-state index contributed by atoms with van der Waals surface area (Å²) in [6.07, 6.45) is 8.97. The number of hydrogen-bond acceptors (Lipinski definition) is 1. The first-order chi connectivity index (χ1) is 4.93. The Morgan fingerprint density at radius 2 is 2.40 bits per heavy atom. The number of allylic oxidation sites excluding steroid dienone is 2. The molecule has 1 heteroatoms. The molecule has 0 saturated heterocycles. The van der Waals surface area contributed by atoms with Crippen molar-refractivity contribution in [3.63, 3.8) is 0 Å². The standard InChI is InChI=1S/C9H14O/c1-2-10-8-9-6-4-3-5-7-9/h4,6-7H,2-3,5,8H2,1H3. The highest BCUT2D eigenvalue weighted by molar-refractivity contribution is 5.22. The molecule has 0 fully saturated rings. The molecule has 0 aromatic rings. The van der Waals surface area contributed by atoms with E-state index in [-0.39, 0.29) is 0 Å². The zero-order valence-electron chi connectivity index (χ0n) is 6.47. The highest BCUT2D eigenvalue weighted by Crippen LogP contribution is 2.09. The first-order valence-electron chi connectivity index (χ1n) is 3.87. The lowest BCUT2D eigenvalue weighted by molar-refractivity contribution is 0.172. The Morgan fingerprint density at radius 3 is 3.00 bits per heavy atom. The molecule has 1 aliphatic rings. The van der Waals surface area contributed by atoms with Gasteiger partial charge in [0.15, 0.2) is 0 Å². The van der Waals surface area contributed by atoms with Crippen LogP contribution in [0.1, 0.15) is 19.8 Å². The molecule has 0 heterocycles. The van der Waals surface area contributed by atoms with Crippen molar-refractivity contribution in [2.24, 2.45) is 0 Å². The van der Waals surface area contributed by atoms with E-state index in [1.807, 2.05) is 6.92 Å². The molecule has 0 N–H and O–H groups in total. The smallest absolute Gasteiger partial charge is 0.0713 e. The lowest BCUT2D eigenvalue weighted by Crippen LogP contribution is -1.97. The van der Waals surface area contributed by atoms with Crippen LogP contribution < -0.4 is 0 Å². The second-order valence-electron chi connectivity index (χ2n) is 2.40. The number of rotatable bonds is 3. The Morgan fingerprint density at radius 1 is 1.50 bits per heavy atom. The van der Waals surface area contributed by atoms with Gasteiger partial charge in [0.05, 0.1) is 6.61 Å². The molecule has 0 saturated carbocycles. The maximum atomic E-state index is 5.25. The molecule has 0 bridgehead atoms. The Bertz CT molecular complexity index is 145. The highest BCUT2D eigenvalue weighted by Gasteiger charge is 1.95. The van der Waals surface area contributed by atoms with Crippen LogP contribution >= 0.6 is 0 Å². The SMILES string of the molecule is CCOCC1=CCCC=C1. The molecule has 0 atom stereocenters. The van der Waals surface area contributed by atoms with Crippen LogP contribution in [-0.4, -0.2) is 13.2 Å². The van der Waals surface area contributed by atoms with E-state index in [4.69, 9.17) is 4.74 Å². The van der Waals surface area contributed by atoms with Crippen molar-refractivity contribution >= 4 is 0 Å². The summed E-state index contributed by atoms with van der Waals surface area (Å²) in [6, 6.07) is 0. The van der Waals surface area contributed by atoms with Gasteiger partial charge in [-0.15, -0.1) is 0 Å². The topological polar surface area (TPSA) is 9.23 Å². The van der Waals surface area contributed by atoms with Crippen molar-refractivity contribution in [3.05, 3.63) is 23.8 Å². The fourth-order valence-corrected chi connectivity index (χ4v) is 0.995. The molecule has 0 aromatic heterocycles. The number of ether oxygens (including phenoxy) is 1. The summed E-state index contributed by atoms with van der Waals surface area (Å²) < 4.78 is 5.25. The summed E-state index contributed by atoms with van der Waals surface area (Å²) in [4.78, 5) is 0. The van der Waals surface area contributed by atoms with E-state index in [0.717, 1.165) is 13.2 Å². The molecule has 1 aliphatic carbocycles. The fourth-order valence-electron chi connectivity index (χ4n) is 0.995. The van der Waals surface area contributed by atoms with E-state index in [2.05, 4.69) is 18.2 Å². The van der Waals surface area contributed by atoms with Gasteiger partial charge in [-0.3, -0.25) is 0 Å². The average molecular weight is 138 g/mol. The van der Waals surface area contributed by atoms with Gasteiger partial charge in [-0.05, 0) is 25.3 Å². The van der Waals surface area contributed by atoms with Crippen molar-refractivity contribution in [3.8, 4) is 0 Å². The van der Waals surface area contributed by atoms with E-state index in [0.29, 0.717) is 0 Å². The van der Waals surface area contributed by atoms with Crippen LogP contribution in [0, 0.1) is 0 Å². The molecule has 0 spiro atoms. The average Bonchev–Trinajstić information content (AvgIpc) is 2.03. The van der Waals surface area contributed by atoms with Crippen molar-refractivity contribution < 1.29 is 4.74 Å². The summed E-state index contributed by atoms with van der Waals surface area (Å²) in [5, 5.41) is 0. The van der Waals surface area contributed by atoms with Gasteiger partial charge in [0.2, 0.25) is 0 Å². The first-order valence-corrected chi connectivity index (χ1v) is 3.87. The van der Waals surface area contributed by atoms with Gasteiger partial charge in [0.25, 0.3) is 0 Å². The van der Waals surface area contributed by atoms with Gasteiger partial charge in [-0.2, -0.15) is 0 Å². The minimum Gasteiger partial charge on any atom is -0.377 e. The van der Waals surface area contributed by atoms with E-state index >= 15 is 0 Å². The van der Waals surface area contributed by atoms with Crippen LogP contribution in [0.3, 0.4) is 0 Å². The van der Waals surface area contributed by atoms with Crippen molar-refractivity contribution in [2.45, 2.75) is 19.8 Å². The van der Waals surface area contributed by atoms with Gasteiger partial charge in [0.1, 0.15) is 0 Å². The monoisotopic (exact) mass is 138 g/mol. The van der Waals surface area contributed by atoms with Crippen LogP contribution in [0.25, 0.3) is 0 Å². The van der Waals surface area contributed by atoms with Gasteiger partial charge >= 0.3 is 0 Å². The molecule has 0 unspecified atom stereocenters. The zero-order valence-corrected chi connectivity index (χ0v) is 6.47. The predicted octanol–water partition coefficient (Wildman–Crippen LogP) is 2.30. The summed E-state index contributed by atoms with van der Waals surface area (Å²) in [7, 11) is 0. The maximum absolute atomic E-state index is 5.25. The van der Waals surface area contributed by atoms with Gasteiger partial charge < -0.3 is 4.74 Å². The molecule has 0 radical (unpaired) electrons. The first kappa shape index (κ1) is 7.55. The summed E-state index contributed by atoms with van der Waals surface area (Å²) >= 11 is 0. The summed E-state index contributed by atoms with van der Waals surface area (Å²) in [6.45, 7) is 3.62. The second-order valence-corrected chi connectivity index (χ2v) is 2.40. The maximum Gasteiger partial charge on any atom is 0.0713 e. The third kappa shape index (κ3) is 2.36. The third-order valence-corrected chi connectivity index (χ3v) is 1.54. The molecule has 1 nitrogen and oxygen atoms in total. The molecule has 10 heavy (non-hydrogen) atoms. The van der Waals surface area contributed by atoms with E-state index in [1.54, 1.807) is 0 Å². The lowest BCUT2D eigenvalue weighted by atomic mass is 10.1. The normalized spacial score (nSPS) is 17.1. The summed E-state index contributed by atoms with van der Waals surface area (Å²) in [5.74, 6) is 0. The van der Waals surface area contributed by atoms with Crippen LogP contribution in [-0.2, 0) is 4.74 Å². The van der Waals surface area contributed by atoms with Gasteiger partial charge in [-0.1, -0.05) is 18.2 Å². The molecule has 0 amide bonds. The van der Waals surface area contributed by atoms with Crippen molar-refractivity contribution in [1.29, 1.82) is 0 Å². The highest BCUT2D eigenvalue weighted by atomic mass is 16.5. The van der Waals surface area contributed by atoms with Gasteiger partial charge in [-0.25, -0.2) is 0 Å². The molecule has 0 aromatic carbocycles. The zero-order chi connectivity index (χ0) is 7.23. The number of hydrogen-bond donors (Lipinski definition) is 0.